The molecule has 0 amide bonds. The number of benzene rings is 1. The van der Waals surface area contributed by atoms with Crippen LogP contribution in [0.25, 0.3) is 11.3 Å². The molecule has 2 aromatic rings. The molecule has 1 aromatic carbocycles. The molecule has 0 saturated carbocycles. The van der Waals surface area contributed by atoms with Crippen molar-refractivity contribution in [3.8, 4) is 22.8 Å². The Kier molecular flexibility index (Phi) is 4.37. The molecule has 0 fully saturated rings. The molecule has 1 aromatic heterocycles. The molecule has 5 heteroatoms. The quantitative estimate of drug-likeness (QED) is 0.800. The summed E-state index contributed by atoms with van der Waals surface area (Å²) in [6.45, 7) is 6.15. The highest BCUT2D eigenvalue weighted by atomic mass is 35.5. The summed E-state index contributed by atoms with van der Waals surface area (Å²) in [6.07, 6.45) is 0. The van der Waals surface area contributed by atoms with E-state index in [0.717, 1.165) is 11.3 Å². The van der Waals surface area contributed by atoms with Gasteiger partial charge in [0.1, 0.15) is 22.5 Å². The molecule has 0 aliphatic rings. The molecular weight excluding hydrogens is 288 g/mol. The number of rotatable bonds is 3. The van der Waals surface area contributed by atoms with Gasteiger partial charge < -0.3 is 9.47 Å². The van der Waals surface area contributed by atoms with E-state index in [9.17, 15) is 0 Å². The standard InChI is InChI=1S/C16H19ClN2O2/c1-16(2,3)15-18-13(9-14(17)19-15)10-6-11(20-4)8-12(7-10)21-5/h6-9H,1-5H3. The molecule has 2 rings (SSSR count). The SMILES string of the molecule is COc1cc(OC)cc(-c2cc(Cl)nc(C(C)(C)C)n2)c1. The van der Waals surface area contributed by atoms with E-state index in [1.165, 1.54) is 0 Å². The van der Waals surface area contributed by atoms with Crippen molar-refractivity contribution in [3.05, 3.63) is 35.2 Å². The van der Waals surface area contributed by atoms with Crippen LogP contribution in [0.4, 0.5) is 0 Å². The minimum absolute atomic E-state index is 0.178. The highest BCUT2D eigenvalue weighted by Gasteiger charge is 2.19. The topological polar surface area (TPSA) is 44.2 Å². The fraction of sp³-hybridized carbons (Fsp3) is 0.375. The molecule has 112 valence electrons. The highest BCUT2D eigenvalue weighted by molar-refractivity contribution is 6.29. The lowest BCUT2D eigenvalue weighted by atomic mass is 9.95. The van der Waals surface area contributed by atoms with Gasteiger partial charge in [0.25, 0.3) is 0 Å². The van der Waals surface area contributed by atoms with E-state index >= 15 is 0 Å². The van der Waals surface area contributed by atoms with Crippen LogP contribution >= 0.6 is 11.6 Å². The Morgan fingerprint density at radius 2 is 1.48 bits per heavy atom. The van der Waals surface area contributed by atoms with Gasteiger partial charge in [0.15, 0.2) is 0 Å². The van der Waals surface area contributed by atoms with Crippen molar-refractivity contribution in [3.63, 3.8) is 0 Å². The molecule has 0 N–H and O–H groups in total. The molecule has 0 bridgehead atoms. The van der Waals surface area contributed by atoms with Crippen molar-refractivity contribution in [2.45, 2.75) is 26.2 Å². The molecule has 0 radical (unpaired) electrons. The van der Waals surface area contributed by atoms with Gasteiger partial charge in [-0.1, -0.05) is 32.4 Å². The average molecular weight is 307 g/mol. The van der Waals surface area contributed by atoms with Gasteiger partial charge in [0.05, 0.1) is 19.9 Å². The van der Waals surface area contributed by atoms with E-state index in [1.807, 2.05) is 18.2 Å². The maximum absolute atomic E-state index is 6.14. The van der Waals surface area contributed by atoms with Crippen LogP contribution in [0, 0.1) is 0 Å². The first-order valence-corrected chi connectivity index (χ1v) is 7.00. The van der Waals surface area contributed by atoms with Crippen LogP contribution in [-0.4, -0.2) is 24.2 Å². The second-order valence-electron chi connectivity index (χ2n) is 5.75. The van der Waals surface area contributed by atoms with E-state index in [4.69, 9.17) is 21.1 Å². The summed E-state index contributed by atoms with van der Waals surface area (Å²) >= 11 is 6.14. The molecule has 0 aliphatic heterocycles. The monoisotopic (exact) mass is 306 g/mol. The summed E-state index contributed by atoms with van der Waals surface area (Å²) < 4.78 is 10.6. The molecule has 0 atom stereocenters. The Labute approximate surface area is 130 Å². The van der Waals surface area contributed by atoms with Crippen LogP contribution in [0.15, 0.2) is 24.3 Å². The molecule has 0 aliphatic carbocycles. The first kappa shape index (κ1) is 15.6. The molecule has 0 unspecified atom stereocenters. The first-order chi connectivity index (χ1) is 9.83. The van der Waals surface area contributed by atoms with E-state index in [0.29, 0.717) is 22.5 Å². The number of aromatic nitrogens is 2. The number of hydrogen-bond donors (Lipinski definition) is 0. The summed E-state index contributed by atoms with van der Waals surface area (Å²) in [6, 6.07) is 7.35. The zero-order valence-corrected chi connectivity index (χ0v) is 13.7. The van der Waals surface area contributed by atoms with E-state index in [1.54, 1.807) is 20.3 Å². The molecule has 4 nitrogen and oxygen atoms in total. The summed E-state index contributed by atoms with van der Waals surface area (Å²) in [4.78, 5) is 8.93. The highest BCUT2D eigenvalue weighted by Crippen LogP contribution is 2.31. The van der Waals surface area contributed by atoms with Gasteiger partial charge in [0, 0.05) is 23.1 Å². The number of halogens is 1. The predicted molar refractivity (Wildman–Crippen MR) is 84.3 cm³/mol. The Morgan fingerprint density at radius 3 is 1.95 bits per heavy atom. The lowest BCUT2D eigenvalue weighted by Gasteiger charge is -2.18. The molecule has 1 heterocycles. The summed E-state index contributed by atoms with van der Waals surface area (Å²) in [5.41, 5.74) is 1.45. The zero-order chi connectivity index (χ0) is 15.6. The number of ether oxygens (including phenoxy) is 2. The average Bonchev–Trinajstić information content (AvgIpc) is 2.45. The van der Waals surface area contributed by atoms with Crippen molar-refractivity contribution < 1.29 is 9.47 Å². The van der Waals surface area contributed by atoms with Crippen LogP contribution in [0.5, 0.6) is 11.5 Å². The van der Waals surface area contributed by atoms with Crippen molar-refractivity contribution in [1.82, 2.24) is 9.97 Å². The summed E-state index contributed by atoms with van der Waals surface area (Å²) in [5, 5.41) is 0.423. The lowest BCUT2D eigenvalue weighted by Crippen LogP contribution is -2.16. The van der Waals surface area contributed by atoms with Crippen molar-refractivity contribution in [2.24, 2.45) is 0 Å². The minimum atomic E-state index is -0.178. The lowest BCUT2D eigenvalue weighted by molar-refractivity contribution is 0.394. The van der Waals surface area contributed by atoms with Gasteiger partial charge in [-0.3, -0.25) is 0 Å². The molecule has 21 heavy (non-hydrogen) atoms. The predicted octanol–water partition coefficient (Wildman–Crippen LogP) is 4.11. The Bertz CT molecular complexity index is 629. The molecule has 0 saturated heterocycles. The van der Waals surface area contributed by atoms with E-state index in [-0.39, 0.29) is 5.41 Å². The fourth-order valence-electron chi connectivity index (χ4n) is 1.86. The van der Waals surface area contributed by atoms with Gasteiger partial charge in [-0.15, -0.1) is 0 Å². The van der Waals surface area contributed by atoms with Crippen molar-refractivity contribution >= 4 is 11.6 Å². The first-order valence-electron chi connectivity index (χ1n) is 6.62. The maximum Gasteiger partial charge on any atom is 0.136 e. The van der Waals surface area contributed by atoms with Crippen LogP contribution in [0.2, 0.25) is 5.15 Å². The summed E-state index contributed by atoms with van der Waals surface area (Å²) in [5.74, 6) is 2.11. The van der Waals surface area contributed by atoms with Crippen LogP contribution in [0.3, 0.4) is 0 Å². The Hall–Kier alpha value is -1.81. The van der Waals surface area contributed by atoms with Gasteiger partial charge in [0.2, 0.25) is 0 Å². The van der Waals surface area contributed by atoms with Crippen molar-refractivity contribution in [1.29, 1.82) is 0 Å². The van der Waals surface area contributed by atoms with Gasteiger partial charge in [-0.05, 0) is 12.1 Å². The maximum atomic E-state index is 6.14. The van der Waals surface area contributed by atoms with Gasteiger partial charge in [-0.25, -0.2) is 9.97 Å². The van der Waals surface area contributed by atoms with Crippen LogP contribution in [-0.2, 0) is 5.41 Å². The van der Waals surface area contributed by atoms with Crippen LogP contribution < -0.4 is 9.47 Å². The fourth-order valence-corrected chi connectivity index (χ4v) is 2.04. The second kappa shape index (κ2) is 5.90. The Balaban J connectivity index is 2.58. The largest absolute Gasteiger partial charge is 0.497 e. The smallest absolute Gasteiger partial charge is 0.136 e. The molecule has 0 spiro atoms. The number of nitrogens with zero attached hydrogens (tertiary/aromatic N) is 2. The third-order valence-electron chi connectivity index (χ3n) is 3.01. The van der Waals surface area contributed by atoms with E-state index < -0.39 is 0 Å². The molecular formula is C16H19ClN2O2. The zero-order valence-electron chi connectivity index (χ0n) is 12.9. The summed E-state index contributed by atoms with van der Waals surface area (Å²) in [7, 11) is 3.23. The normalized spacial score (nSPS) is 11.3. The third-order valence-corrected chi connectivity index (χ3v) is 3.21. The van der Waals surface area contributed by atoms with E-state index in [2.05, 4.69) is 30.7 Å². The Morgan fingerprint density at radius 1 is 0.905 bits per heavy atom. The second-order valence-corrected chi connectivity index (χ2v) is 6.14. The van der Waals surface area contributed by atoms with Gasteiger partial charge in [-0.2, -0.15) is 0 Å². The van der Waals surface area contributed by atoms with Crippen molar-refractivity contribution in [2.75, 3.05) is 14.2 Å². The third kappa shape index (κ3) is 3.64. The van der Waals surface area contributed by atoms with Crippen LogP contribution in [0.1, 0.15) is 26.6 Å². The minimum Gasteiger partial charge on any atom is -0.497 e. The number of methoxy groups -OCH3 is 2. The van der Waals surface area contributed by atoms with Gasteiger partial charge >= 0.3 is 0 Å². The number of hydrogen-bond acceptors (Lipinski definition) is 4.